The number of nitrogens with zero attached hydrogens (tertiary/aromatic N) is 2. The number of anilines is 1. The van der Waals surface area contributed by atoms with E-state index in [0.717, 1.165) is 6.42 Å². The average Bonchev–Trinajstić information content (AvgIpc) is 3.26. The van der Waals surface area contributed by atoms with Gasteiger partial charge in [-0.3, -0.25) is 9.59 Å². The van der Waals surface area contributed by atoms with Crippen molar-refractivity contribution in [3.05, 3.63) is 46.5 Å². The first kappa shape index (κ1) is 15.7. The molecule has 0 unspecified atom stereocenters. The minimum atomic E-state index is -0.0888. The van der Waals surface area contributed by atoms with Crippen LogP contribution in [0.1, 0.15) is 33.3 Å². The maximum Gasteiger partial charge on any atom is 0.265 e. The third kappa shape index (κ3) is 3.27. The highest BCUT2D eigenvalue weighted by Gasteiger charge is 2.44. The number of nitrogens with one attached hydrogen (secondary N) is 1. The number of aryl methyl sites for hydroxylation is 1. The highest BCUT2D eigenvalue weighted by molar-refractivity contribution is 7.17. The van der Waals surface area contributed by atoms with Crippen LogP contribution in [-0.2, 0) is 4.79 Å². The van der Waals surface area contributed by atoms with Crippen molar-refractivity contribution in [2.45, 2.75) is 19.3 Å². The van der Waals surface area contributed by atoms with Crippen LogP contribution < -0.4 is 5.32 Å². The van der Waals surface area contributed by atoms with E-state index in [-0.39, 0.29) is 17.7 Å². The number of carbonyl (C=O) groups excluding carboxylic acids is 2. The van der Waals surface area contributed by atoms with Gasteiger partial charge in [0.15, 0.2) is 5.13 Å². The average molecular weight is 329 g/mol. The Kier molecular flexibility index (Phi) is 4.17. The van der Waals surface area contributed by atoms with Gasteiger partial charge in [-0.1, -0.05) is 41.7 Å². The second kappa shape index (κ2) is 6.12. The topological polar surface area (TPSA) is 62.3 Å². The van der Waals surface area contributed by atoms with Gasteiger partial charge in [-0.15, -0.1) is 0 Å². The standard InChI is InChI=1S/C17H19N3O2S/c1-10-14(16(22)20(2)3)23-17(18-10)19-15(21)13-9-12(13)11-7-5-4-6-8-11/h4-8,12-13H,9H2,1-3H3,(H,18,19,21)/t12-,13-/m0/s1. The van der Waals surface area contributed by atoms with Crippen molar-refractivity contribution in [2.75, 3.05) is 19.4 Å². The highest BCUT2D eigenvalue weighted by Crippen LogP contribution is 2.48. The van der Waals surface area contributed by atoms with E-state index in [4.69, 9.17) is 0 Å². The number of rotatable bonds is 4. The Morgan fingerprint density at radius 3 is 2.61 bits per heavy atom. The van der Waals surface area contributed by atoms with Crippen LogP contribution in [0.25, 0.3) is 0 Å². The predicted molar refractivity (Wildman–Crippen MR) is 90.8 cm³/mol. The Morgan fingerprint density at radius 1 is 1.26 bits per heavy atom. The molecule has 0 spiro atoms. The molecule has 1 saturated carbocycles. The number of carbonyl (C=O) groups is 2. The highest BCUT2D eigenvalue weighted by atomic mass is 32.1. The van der Waals surface area contributed by atoms with E-state index in [2.05, 4.69) is 22.4 Å². The van der Waals surface area contributed by atoms with Gasteiger partial charge in [0.25, 0.3) is 5.91 Å². The van der Waals surface area contributed by atoms with Crippen LogP contribution in [-0.4, -0.2) is 35.8 Å². The molecule has 1 aliphatic carbocycles. The Hall–Kier alpha value is -2.21. The third-order valence-electron chi connectivity index (χ3n) is 3.98. The van der Waals surface area contributed by atoms with Crippen LogP contribution in [0.3, 0.4) is 0 Å². The number of hydrogen-bond donors (Lipinski definition) is 1. The molecule has 5 nitrogen and oxygen atoms in total. The van der Waals surface area contributed by atoms with Crippen molar-refractivity contribution in [2.24, 2.45) is 5.92 Å². The van der Waals surface area contributed by atoms with Gasteiger partial charge in [0, 0.05) is 20.0 Å². The van der Waals surface area contributed by atoms with E-state index in [1.807, 2.05) is 18.2 Å². The lowest BCUT2D eigenvalue weighted by atomic mass is 10.1. The molecule has 0 bridgehead atoms. The van der Waals surface area contributed by atoms with Gasteiger partial charge >= 0.3 is 0 Å². The summed E-state index contributed by atoms with van der Waals surface area (Å²) in [6.07, 6.45) is 0.865. The van der Waals surface area contributed by atoms with Crippen LogP contribution in [0.15, 0.2) is 30.3 Å². The maximum atomic E-state index is 12.3. The summed E-state index contributed by atoms with van der Waals surface area (Å²) in [6, 6.07) is 10.1. The summed E-state index contributed by atoms with van der Waals surface area (Å²) in [7, 11) is 3.41. The van der Waals surface area contributed by atoms with Gasteiger partial charge in [0.1, 0.15) is 4.88 Å². The molecule has 2 amide bonds. The molecule has 1 fully saturated rings. The van der Waals surface area contributed by atoms with Crippen LogP contribution in [0.2, 0.25) is 0 Å². The summed E-state index contributed by atoms with van der Waals surface area (Å²) >= 11 is 1.23. The normalized spacial score (nSPS) is 19.3. The summed E-state index contributed by atoms with van der Waals surface area (Å²) < 4.78 is 0. The minimum absolute atomic E-state index is 0.00499. The van der Waals surface area contributed by atoms with Gasteiger partial charge in [0.05, 0.1) is 5.69 Å². The number of amides is 2. The zero-order valence-electron chi connectivity index (χ0n) is 13.4. The van der Waals surface area contributed by atoms with E-state index < -0.39 is 0 Å². The molecule has 0 radical (unpaired) electrons. The van der Waals surface area contributed by atoms with Crippen LogP contribution in [0, 0.1) is 12.8 Å². The Labute approximate surface area is 139 Å². The fraction of sp³-hybridized carbons (Fsp3) is 0.353. The number of aromatic nitrogens is 1. The summed E-state index contributed by atoms with van der Waals surface area (Å²) in [6.45, 7) is 1.78. The van der Waals surface area contributed by atoms with Crippen molar-refractivity contribution in [1.82, 2.24) is 9.88 Å². The van der Waals surface area contributed by atoms with Crippen LogP contribution >= 0.6 is 11.3 Å². The van der Waals surface area contributed by atoms with Crippen LogP contribution in [0.5, 0.6) is 0 Å². The Morgan fingerprint density at radius 2 is 1.96 bits per heavy atom. The molecule has 2 aromatic rings. The fourth-order valence-corrected chi connectivity index (χ4v) is 3.59. The summed E-state index contributed by atoms with van der Waals surface area (Å²) in [5.74, 6) is 0.181. The molecule has 6 heteroatoms. The smallest absolute Gasteiger partial charge is 0.265 e. The molecular weight excluding hydrogens is 310 g/mol. The van der Waals surface area contributed by atoms with Crippen molar-refractivity contribution in [3.8, 4) is 0 Å². The van der Waals surface area contributed by atoms with E-state index in [1.165, 1.54) is 21.8 Å². The second-order valence-electron chi connectivity index (χ2n) is 5.98. The first-order valence-electron chi connectivity index (χ1n) is 7.52. The first-order chi connectivity index (χ1) is 11.0. The number of hydrogen-bond acceptors (Lipinski definition) is 4. The van der Waals surface area contributed by atoms with Gasteiger partial charge < -0.3 is 10.2 Å². The van der Waals surface area contributed by atoms with Crippen molar-refractivity contribution < 1.29 is 9.59 Å². The monoisotopic (exact) mass is 329 g/mol. The largest absolute Gasteiger partial charge is 0.344 e. The lowest BCUT2D eigenvalue weighted by Crippen LogP contribution is -2.21. The first-order valence-corrected chi connectivity index (χ1v) is 8.34. The predicted octanol–water partition coefficient (Wildman–Crippen LogP) is 2.90. The molecule has 3 rings (SSSR count). The molecule has 1 aliphatic rings. The fourth-order valence-electron chi connectivity index (χ4n) is 2.60. The second-order valence-corrected chi connectivity index (χ2v) is 6.98. The van der Waals surface area contributed by atoms with Crippen molar-refractivity contribution in [3.63, 3.8) is 0 Å². The molecule has 2 atom stereocenters. The lowest BCUT2D eigenvalue weighted by molar-refractivity contribution is -0.117. The Bertz CT molecular complexity index is 740. The zero-order valence-corrected chi connectivity index (χ0v) is 14.2. The third-order valence-corrected chi connectivity index (χ3v) is 5.04. The molecular formula is C17H19N3O2S. The van der Waals surface area contributed by atoms with Gasteiger partial charge in [-0.25, -0.2) is 4.98 Å². The minimum Gasteiger partial charge on any atom is -0.344 e. The Balaban J connectivity index is 1.66. The molecule has 1 N–H and O–H groups in total. The van der Waals surface area contributed by atoms with Gasteiger partial charge in [0.2, 0.25) is 5.91 Å². The molecule has 120 valence electrons. The summed E-state index contributed by atoms with van der Waals surface area (Å²) in [5, 5.41) is 3.35. The number of thiazole rings is 1. The molecule has 1 aromatic heterocycles. The number of benzene rings is 1. The van der Waals surface area contributed by atoms with E-state index in [1.54, 1.807) is 21.0 Å². The molecule has 0 saturated heterocycles. The van der Waals surface area contributed by atoms with Crippen molar-refractivity contribution >= 4 is 28.3 Å². The summed E-state index contributed by atoms with van der Waals surface area (Å²) in [5.41, 5.74) is 1.85. The quantitative estimate of drug-likeness (QED) is 0.938. The lowest BCUT2D eigenvalue weighted by Gasteiger charge is -2.07. The van der Waals surface area contributed by atoms with Crippen LogP contribution in [0.4, 0.5) is 5.13 Å². The SMILES string of the molecule is Cc1nc(NC(=O)[C@H]2C[C@H]2c2ccccc2)sc1C(=O)N(C)C. The van der Waals surface area contributed by atoms with E-state index in [9.17, 15) is 9.59 Å². The molecule has 1 heterocycles. The maximum absolute atomic E-state index is 12.3. The molecule has 1 aromatic carbocycles. The van der Waals surface area contributed by atoms with E-state index >= 15 is 0 Å². The van der Waals surface area contributed by atoms with E-state index in [0.29, 0.717) is 21.6 Å². The molecule has 0 aliphatic heterocycles. The molecule has 23 heavy (non-hydrogen) atoms. The van der Waals surface area contributed by atoms with Gasteiger partial charge in [-0.05, 0) is 24.8 Å². The van der Waals surface area contributed by atoms with Crippen molar-refractivity contribution in [1.29, 1.82) is 0 Å². The summed E-state index contributed by atoms with van der Waals surface area (Å²) in [4.78, 5) is 30.8. The van der Waals surface area contributed by atoms with Gasteiger partial charge in [-0.2, -0.15) is 0 Å². The zero-order chi connectivity index (χ0) is 16.6.